The van der Waals surface area contributed by atoms with E-state index in [2.05, 4.69) is 54.1 Å². The van der Waals surface area contributed by atoms with E-state index in [1.54, 1.807) is 6.20 Å². The summed E-state index contributed by atoms with van der Waals surface area (Å²) in [5, 5.41) is 3.15. The van der Waals surface area contributed by atoms with Crippen molar-refractivity contribution in [3.05, 3.63) is 54.9 Å². The third-order valence-electron chi connectivity index (χ3n) is 2.50. The third-order valence-corrected chi connectivity index (χ3v) is 2.50. The van der Waals surface area contributed by atoms with E-state index >= 15 is 0 Å². The molecule has 0 bridgehead atoms. The molecule has 0 aromatic heterocycles. The van der Waals surface area contributed by atoms with Gasteiger partial charge in [0.15, 0.2) is 0 Å². The number of nitrogens with zero attached hydrogens (tertiary/aromatic N) is 1. The van der Waals surface area contributed by atoms with Gasteiger partial charge < -0.3 is 10.2 Å². The second kappa shape index (κ2) is 6.72. The van der Waals surface area contributed by atoms with E-state index in [1.165, 1.54) is 11.4 Å². The first-order chi connectivity index (χ1) is 7.81. The van der Waals surface area contributed by atoms with Crippen molar-refractivity contribution < 1.29 is 0 Å². The van der Waals surface area contributed by atoms with E-state index in [0.29, 0.717) is 0 Å². The smallest absolute Gasteiger partial charge is 0.0576 e. The molecule has 1 rings (SSSR count). The predicted octanol–water partition coefficient (Wildman–Crippen LogP) is 3.15. The van der Waals surface area contributed by atoms with E-state index in [4.69, 9.17) is 0 Å². The highest BCUT2D eigenvalue weighted by molar-refractivity contribution is 5.47. The molecule has 0 fully saturated rings. The van der Waals surface area contributed by atoms with Crippen LogP contribution in [0.1, 0.15) is 13.8 Å². The zero-order chi connectivity index (χ0) is 11.8. The summed E-state index contributed by atoms with van der Waals surface area (Å²) in [6.07, 6.45) is 3.79. The molecule has 1 aromatic carbocycles. The van der Waals surface area contributed by atoms with Crippen LogP contribution in [0.4, 0.5) is 5.69 Å². The van der Waals surface area contributed by atoms with E-state index in [9.17, 15) is 0 Å². The minimum atomic E-state index is 0.878. The lowest BCUT2D eigenvalue weighted by Gasteiger charge is -2.24. The summed E-state index contributed by atoms with van der Waals surface area (Å²) >= 11 is 0. The molecule has 0 unspecified atom stereocenters. The zero-order valence-corrected chi connectivity index (χ0v) is 10.1. The van der Waals surface area contributed by atoms with Crippen molar-refractivity contribution in [2.75, 3.05) is 18.0 Å². The Hall–Kier alpha value is -1.70. The molecule has 0 saturated heterocycles. The van der Waals surface area contributed by atoms with Gasteiger partial charge in [-0.1, -0.05) is 30.9 Å². The number of nitrogens with one attached hydrogen (secondary N) is 1. The van der Waals surface area contributed by atoms with E-state index in [1.807, 2.05) is 13.0 Å². The molecule has 2 heteroatoms. The Morgan fingerprint density at radius 2 is 2.06 bits per heavy atom. The lowest BCUT2D eigenvalue weighted by atomic mass is 10.2. The molecule has 0 amide bonds. The standard InChI is InChI=1S/C14H20N2/c1-4-13(15-5-2)12-16(6-3)14-10-8-7-9-11-14/h4-5,7-11,15H,2,6,12H2,1,3H3/b13-4-. The molecular weight excluding hydrogens is 196 g/mol. The van der Waals surface area contributed by atoms with Crippen LogP contribution in [0.2, 0.25) is 0 Å². The molecule has 0 spiro atoms. The minimum absolute atomic E-state index is 0.878. The number of benzene rings is 1. The van der Waals surface area contributed by atoms with Crippen LogP contribution in [0.5, 0.6) is 0 Å². The fourth-order valence-corrected chi connectivity index (χ4v) is 1.58. The monoisotopic (exact) mass is 216 g/mol. The highest BCUT2D eigenvalue weighted by Crippen LogP contribution is 2.13. The average molecular weight is 216 g/mol. The molecule has 86 valence electrons. The molecule has 0 saturated carbocycles. The van der Waals surface area contributed by atoms with Gasteiger partial charge in [0.1, 0.15) is 0 Å². The van der Waals surface area contributed by atoms with Gasteiger partial charge >= 0.3 is 0 Å². The lowest BCUT2D eigenvalue weighted by molar-refractivity contribution is 0.837. The van der Waals surface area contributed by atoms with Crippen molar-refractivity contribution in [2.24, 2.45) is 0 Å². The first-order valence-electron chi connectivity index (χ1n) is 5.64. The minimum Gasteiger partial charge on any atom is -0.366 e. The van der Waals surface area contributed by atoms with Crippen LogP contribution >= 0.6 is 0 Å². The summed E-state index contributed by atoms with van der Waals surface area (Å²) in [5.41, 5.74) is 2.41. The van der Waals surface area contributed by atoms with Gasteiger partial charge in [-0.3, -0.25) is 0 Å². The first-order valence-corrected chi connectivity index (χ1v) is 5.64. The van der Waals surface area contributed by atoms with Gasteiger partial charge in [-0.05, 0) is 32.2 Å². The van der Waals surface area contributed by atoms with Crippen LogP contribution in [0.3, 0.4) is 0 Å². The van der Waals surface area contributed by atoms with Gasteiger partial charge in [0.2, 0.25) is 0 Å². The number of likely N-dealkylation sites (N-methyl/N-ethyl adjacent to an activating group) is 1. The first kappa shape index (κ1) is 12.4. The second-order valence-electron chi connectivity index (χ2n) is 3.51. The summed E-state index contributed by atoms with van der Waals surface area (Å²) in [5.74, 6) is 0. The van der Waals surface area contributed by atoms with Gasteiger partial charge in [-0.15, -0.1) is 0 Å². The largest absolute Gasteiger partial charge is 0.366 e. The number of rotatable bonds is 6. The maximum absolute atomic E-state index is 3.68. The van der Waals surface area contributed by atoms with Crippen molar-refractivity contribution in [3.8, 4) is 0 Å². The lowest BCUT2D eigenvalue weighted by Crippen LogP contribution is -2.28. The summed E-state index contributed by atoms with van der Waals surface area (Å²) in [6, 6.07) is 10.4. The van der Waals surface area contributed by atoms with Gasteiger partial charge in [-0.2, -0.15) is 0 Å². The molecule has 1 N–H and O–H groups in total. The fourth-order valence-electron chi connectivity index (χ4n) is 1.58. The summed E-state index contributed by atoms with van der Waals surface area (Å²) in [7, 11) is 0. The van der Waals surface area contributed by atoms with Crippen LogP contribution in [0, 0.1) is 0 Å². The van der Waals surface area contributed by atoms with Gasteiger partial charge in [-0.25, -0.2) is 0 Å². The Morgan fingerprint density at radius 3 is 2.56 bits per heavy atom. The molecule has 0 aliphatic rings. The van der Waals surface area contributed by atoms with Crippen molar-refractivity contribution in [1.82, 2.24) is 5.32 Å². The number of hydrogen-bond acceptors (Lipinski definition) is 2. The van der Waals surface area contributed by atoms with Crippen LogP contribution < -0.4 is 10.2 Å². The molecule has 16 heavy (non-hydrogen) atoms. The van der Waals surface area contributed by atoms with Gasteiger partial charge in [0.25, 0.3) is 0 Å². The molecule has 0 heterocycles. The molecule has 0 aliphatic carbocycles. The number of allylic oxidation sites excluding steroid dienone is 1. The van der Waals surface area contributed by atoms with Crippen molar-refractivity contribution in [1.29, 1.82) is 0 Å². The highest BCUT2D eigenvalue weighted by atomic mass is 15.1. The zero-order valence-electron chi connectivity index (χ0n) is 10.1. The summed E-state index contributed by atoms with van der Waals surface area (Å²) in [4.78, 5) is 2.31. The molecule has 1 aromatic rings. The Labute approximate surface area is 98.3 Å². The molecule has 0 atom stereocenters. The fraction of sp³-hybridized carbons (Fsp3) is 0.286. The van der Waals surface area contributed by atoms with Crippen LogP contribution in [0.15, 0.2) is 54.9 Å². The quantitative estimate of drug-likeness (QED) is 0.786. The van der Waals surface area contributed by atoms with Crippen LogP contribution in [0.25, 0.3) is 0 Å². The van der Waals surface area contributed by atoms with Crippen molar-refractivity contribution in [2.45, 2.75) is 13.8 Å². The third kappa shape index (κ3) is 3.46. The molecular formula is C14H20N2. The summed E-state index contributed by atoms with van der Waals surface area (Å²) < 4.78 is 0. The highest BCUT2D eigenvalue weighted by Gasteiger charge is 2.04. The topological polar surface area (TPSA) is 15.3 Å². The molecule has 0 radical (unpaired) electrons. The van der Waals surface area contributed by atoms with E-state index in [-0.39, 0.29) is 0 Å². The predicted molar refractivity (Wildman–Crippen MR) is 71.4 cm³/mol. The number of hydrogen-bond donors (Lipinski definition) is 1. The maximum Gasteiger partial charge on any atom is 0.0576 e. The average Bonchev–Trinajstić information content (AvgIpc) is 2.35. The molecule has 0 aliphatic heterocycles. The number of anilines is 1. The molecule has 2 nitrogen and oxygen atoms in total. The summed E-state index contributed by atoms with van der Waals surface area (Å²) in [6.45, 7) is 9.74. The number of para-hydroxylation sites is 1. The van der Waals surface area contributed by atoms with Crippen LogP contribution in [-0.2, 0) is 0 Å². The Bertz CT molecular complexity index is 341. The van der Waals surface area contributed by atoms with E-state index < -0.39 is 0 Å². The Morgan fingerprint density at radius 1 is 1.38 bits per heavy atom. The second-order valence-corrected chi connectivity index (χ2v) is 3.51. The normalized spacial score (nSPS) is 11.0. The maximum atomic E-state index is 3.68. The van der Waals surface area contributed by atoms with Gasteiger partial charge in [0.05, 0.1) is 6.54 Å². The van der Waals surface area contributed by atoms with Crippen molar-refractivity contribution in [3.63, 3.8) is 0 Å². The van der Waals surface area contributed by atoms with Crippen LogP contribution in [-0.4, -0.2) is 13.1 Å². The van der Waals surface area contributed by atoms with Gasteiger partial charge in [0, 0.05) is 17.9 Å². The van der Waals surface area contributed by atoms with Crippen molar-refractivity contribution >= 4 is 5.69 Å². The SMILES string of the molecule is C=CN/C(=C\C)CN(CC)c1ccccc1. The Kier molecular flexibility index (Phi) is 5.20. The van der Waals surface area contributed by atoms with E-state index in [0.717, 1.165) is 13.1 Å². The Balaban J connectivity index is 2.72.